The lowest BCUT2D eigenvalue weighted by atomic mass is 9.69. The molecule has 0 aromatic heterocycles. The van der Waals surface area contributed by atoms with Gasteiger partial charge in [0.05, 0.1) is 5.03 Å². The summed E-state index contributed by atoms with van der Waals surface area (Å²) in [5, 5.41) is 7.46. The summed E-state index contributed by atoms with van der Waals surface area (Å²) in [6.45, 7) is 12.2. The summed E-state index contributed by atoms with van der Waals surface area (Å²) < 4.78 is 0. The Morgan fingerprint density at radius 2 is 1.97 bits per heavy atom. The van der Waals surface area contributed by atoms with E-state index in [2.05, 4.69) is 41.4 Å². The third-order valence-corrected chi connectivity index (χ3v) is 8.01. The highest BCUT2D eigenvalue weighted by Gasteiger charge is 2.34. The zero-order valence-corrected chi connectivity index (χ0v) is 21.4. The van der Waals surface area contributed by atoms with Crippen LogP contribution in [0.4, 0.5) is 0 Å². The molecule has 0 bridgehead atoms. The van der Waals surface area contributed by atoms with Crippen LogP contribution in [0.1, 0.15) is 60.3 Å². The van der Waals surface area contributed by atoms with Gasteiger partial charge in [-0.15, -0.1) is 11.8 Å². The van der Waals surface area contributed by atoms with Gasteiger partial charge in [0.2, 0.25) is 0 Å². The number of hydrogen-bond acceptors (Lipinski definition) is 7. The van der Waals surface area contributed by atoms with Crippen molar-refractivity contribution in [3.8, 4) is 0 Å². The van der Waals surface area contributed by atoms with E-state index in [1.165, 1.54) is 12.8 Å². The zero-order chi connectivity index (χ0) is 23.2. The van der Waals surface area contributed by atoms with Gasteiger partial charge in [0.15, 0.2) is 0 Å². The molecule has 0 aliphatic heterocycles. The lowest BCUT2D eigenvalue weighted by Crippen LogP contribution is -2.46. The van der Waals surface area contributed by atoms with Gasteiger partial charge in [-0.05, 0) is 50.9 Å². The van der Waals surface area contributed by atoms with E-state index >= 15 is 0 Å². The third-order valence-electron chi connectivity index (χ3n) is 5.97. The van der Waals surface area contributed by atoms with Gasteiger partial charge in [0, 0.05) is 49.2 Å². The minimum absolute atomic E-state index is 0.0181. The topological polar surface area (TPSA) is 101 Å². The summed E-state index contributed by atoms with van der Waals surface area (Å²) in [5.41, 5.74) is 12.4. The van der Waals surface area contributed by atoms with E-state index in [0.29, 0.717) is 22.7 Å². The number of thioether (sulfide) groups is 1. The van der Waals surface area contributed by atoms with Gasteiger partial charge in [0.25, 0.3) is 0 Å². The van der Waals surface area contributed by atoms with E-state index in [-0.39, 0.29) is 16.7 Å². The molecule has 1 aliphatic rings. The van der Waals surface area contributed by atoms with E-state index in [9.17, 15) is 0 Å². The Labute approximate surface area is 198 Å². The maximum atomic E-state index is 6.48. The Morgan fingerprint density at radius 3 is 2.58 bits per heavy atom. The molecule has 0 spiro atoms. The number of halogens is 1. The van der Waals surface area contributed by atoms with Crippen molar-refractivity contribution in [2.75, 3.05) is 13.1 Å². The molecule has 1 saturated carbocycles. The van der Waals surface area contributed by atoms with Crippen LogP contribution in [0.5, 0.6) is 0 Å². The molecule has 0 amide bonds. The lowest BCUT2D eigenvalue weighted by Gasteiger charge is -2.40. The number of rotatable bonds is 13. The van der Waals surface area contributed by atoms with Crippen molar-refractivity contribution in [1.82, 2.24) is 10.6 Å². The highest BCUT2D eigenvalue weighted by molar-refractivity contribution is 8.01. The van der Waals surface area contributed by atoms with Crippen molar-refractivity contribution >= 4 is 35.8 Å². The average molecular weight is 471 g/mol. The Balaban J connectivity index is 2.68. The van der Waals surface area contributed by atoms with Crippen molar-refractivity contribution in [3.05, 3.63) is 23.3 Å². The second-order valence-electron chi connectivity index (χ2n) is 8.08. The molecule has 6 unspecified atom stereocenters. The monoisotopic (exact) mass is 470 g/mol. The molecule has 0 radical (unpaired) electrons. The zero-order valence-electron chi connectivity index (χ0n) is 19.9. The van der Waals surface area contributed by atoms with Crippen molar-refractivity contribution < 1.29 is 0 Å². The third kappa shape index (κ3) is 9.46. The van der Waals surface area contributed by atoms with Crippen LogP contribution in [0.2, 0.25) is 0 Å². The second-order valence-corrected chi connectivity index (χ2v) is 9.84. The summed E-state index contributed by atoms with van der Waals surface area (Å²) in [5.74, 6) is 2.32. The van der Waals surface area contributed by atoms with Crippen molar-refractivity contribution in [1.29, 1.82) is 0 Å². The molecule has 31 heavy (non-hydrogen) atoms. The highest BCUT2D eigenvalue weighted by atomic mass is 35.5. The Hall–Kier alpha value is -1.18. The van der Waals surface area contributed by atoms with E-state index in [1.54, 1.807) is 18.0 Å². The fraction of sp³-hybridized carbons (Fsp3) is 0.739. The van der Waals surface area contributed by atoms with Gasteiger partial charge in [-0.1, -0.05) is 38.8 Å². The van der Waals surface area contributed by atoms with Gasteiger partial charge >= 0.3 is 0 Å². The van der Waals surface area contributed by atoms with Crippen LogP contribution in [0.25, 0.3) is 0 Å². The number of hydrogen-bond donors (Lipinski definition) is 4. The minimum Gasteiger partial charge on any atom is -0.389 e. The van der Waals surface area contributed by atoms with Crippen LogP contribution in [0.3, 0.4) is 0 Å². The predicted octanol–water partition coefficient (Wildman–Crippen LogP) is 4.42. The Bertz CT molecular complexity index is 621. The quantitative estimate of drug-likeness (QED) is 0.236. The average Bonchev–Trinajstić information content (AvgIpc) is 2.76. The van der Waals surface area contributed by atoms with Crippen molar-refractivity contribution in [3.63, 3.8) is 0 Å². The summed E-state index contributed by atoms with van der Waals surface area (Å²) in [4.78, 5) is 8.53. The number of nitrogens with one attached hydrogen (secondary N) is 2. The van der Waals surface area contributed by atoms with E-state index in [4.69, 9.17) is 23.1 Å². The molecule has 0 aromatic carbocycles. The van der Waals surface area contributed by atoms with Crippen molar-refractivity contribution in [2.45, 2.75) is 77.0 Å². The van der Waals surface area contributed by atoms with Gasteiger partial charge < -0.3 is 22.1 Å². The number of nitrogens with zero attached hydrogens (tertiary/aromatic N) is 2. The van der Waals surface area contributed by atoms with Crippen LogP contribution in [0, 0.1) is 17.8 Å². The van der Waals surface area contributed by atoms with Crippen molar-refractivity contribution in [2.24, 2.45) is 39.2 Å². The highest BCUT2D eigenvalue weighted by Crippen LogP contribution is 2.35. The van der Waals surface area contributed by atoms with Gasteiger partial charge in [-0.2, -0.15) is 0 Å². The molecule has 1 fully saturated rings. The van der Waals surface area contributed by atoms with E-state index in [1.807, 2.05) is 32.5 Å². The first-order valence-electron chi connectivity index (χ1n) is 11.6. The van der Waals surface area contributed by atoms with Crippen LogP contribution >= 0.6 is 23.4 Å². The maximum Gasteiger partial charge on any atom is 0.138 e. The van der Waals surface area contributed by atoms with E-state index in [0.717, 1.165) is 31.8 Å². The van der Waals surface area contributed by atoms with Gasteiger partial charge in [0.1, 0.15) is 11.2 Å². The molecular weight excluding hydrogens is 428 g/mol. The molecule has 1 aliphatic carbocycles. The molecule has 0 aromatic rings. The lowest BCUT2D eigenvalue weighted by molar-refractivity contribution is 0.136. The molecule has 6 nitrogen and oxygen atoms in total. The molecule has 0 heterocycles. The van der Waals surface area contributed by atoms with Crippen LogP contribution < -0.4 is 22.1 Å². The predicted molar refractivity (Wildman–Crippen MR) is 140 cm³/mol. The summed E-state index contributed by atoms with van der Waals surface area (Å²) in [7, 11) is 0. The molecule has 1 rings (SSSR count). The smallest absolute Gasteiger partial charge is 0.138 e. The largest absolute Gasteiger partial charge is 0.389 e. The summed E-state index contributed by atoms with van der Waals surface area (Å²) in [6, 6.07) is 0.283. The molecular formula is C23H43ClN6S. The van der Waals surface area contributed by atoms with Gasteiger partial charge in [-0.3, -0.25) is 4.99 Å². The Morgan fingerprint density at radius 1 is 1.23 bits per heavy atom. The summed E-state index contributed by atoms with van der Waals surface area (Å²) >= 11 is 8.16. The number of nitrogens with two attached hydrogens (primary N) is 2. The summed E-state index contributed by atoms with van der Waals surface area (Å²) in [6.07, 6.45) is 11.9. The maximum absolute atomic E-state index is 6.48. The van der Waals surface area contributed by atoms with E-state index < -0.39 is 0 Å². The number of aliphatic imine (C=N–C) groups is 2. The van der Waals surface area contributed by atoms with Crippen LogP contribution in [-0.4, -0.2) is 42.2 Å². The standard InChI is InChI=1S/C23H43ClN6S/c1-6-17-16(5)10-11-19(25)18(17)14-28-12-13-30-21(15-27-8-3)31-20(7-2)22(24)23(26)29-9-4/h9,12-13,15-21,28,30H,6-8,10-11,14,25-26H2,1-5H3/b13-12+,23-22+,27-15?,29-9?. The second kappa shape index (κ2) is 15.6. The molecule has 178 valence electrons. The minimum atomic E-state index is -0.0181. The van der Waals surface area contributed by atoms with Crippen LogP contribution in [0.15, 0.2) is 33.2 Å². The first-order valence-corrected chi connectivity index (χ1v) is 12.9. The fourth-order valence-electron chi connectivity index (χ4n) is 4.23. The fourth-order valence-corrected chi connectivity index (χ4v) is 5.69. The van der Waals surface area contributed by atoms with Gasteiger partial charge in [-0.25, -0.2) is 4.99 Å². The first kappa shape index (κ1) is 27.9. The first-order chi connectivity index (χ1) is 14.9. The molecule has 0 saturated heterocycles. The normalized spacial score (nSPS) is 27.6. The molecule has 8 heteroatoms. The molecule has 6 atom stereocenters. The Kier molecular flexibility index (Phi) is 14.0. The SMILES string of the molecule is CC=N/C(N)=C(/Cl)C(CC)SC(C=NCC)N/C=C/NCC1C(N)CCC(C)C1CC. The molecule has 6 N–H and O–H groups in total. The van der Waals surface area contributed by atoms with Crippen LogP contribution in [-0.2, 0) is 0 Å².